The van der Waals surface area contributed by atoms with Gasteiger partial charge in [-0.3, -0.25) is 4.55 Å². The van der Waals surface area contributed by atoms with E-state index in [0.29, 0.717) is 5.75 Å². The lowest BCUT2D eigenvalue weighted by Gasteiger charge is -2.21. The zero-order valence-corrected chi connectivity index (χ0v) is 9.30. The first kappa shape index (κ1) is 11.2. The predicted molar refractivity (Wildman–Crippen MR) is 56.5 cm³/mol. The van der Waals surface area contributed by atoms with Crippen molar-refractivity contribution in [2.75, 3.05) is 0 Å². The Hall–Kier alpha value is -0.870. The van der Waals surface area contributed by atoms with Gasteiger partial charge in [-0.05, 0) is 11.5 Å². The van der Waals surface area contributed by atoms with Gasteiger partial charge in [0.1, 0.15) is 5.75 Å². The van der Waals surface area contributed by atoms with Gasteiger partial charge in [-0.2, -0.15) is 4.21 Å². The second kappa shape index (κ2) is 4.11. The molecule has 1 aromatic carbocycles. The molecule has 0 aromatic heterocycles. The van der Waals surface area contributed by atoms with Crippen LogP contribution in [0.25, 0.3) is 0 Å². The average molecular weight is 214 g/mol. The lowest BCUT2D eigenvalue weighted by Crippen LogP contribution is -2.13. The van der Waals surface area contributed by atoms with E-state index in [-0.39, 0.29) is 5.41 Å². The van der Waals surface area contributed by atoms with E-state index in [9.17, 15) is 4.21 Å². The van der Waals surface area contributed by atoms with Crippen molar-refractivity contribution >= 4 is 11.4 Å². The van der Waals surface area contributed by atoms with Gasteiger partial charge >= 0.3 is 11.4 Å². The highest BCUT2D eigenvalue weighted by Gasteiger charge is 2.19. The minimum Gasteiger partial charge on any atom is -0.380 e. The Balaban J connectivity index is 3.10. The molecule has 0 spiro atoms. The van der Waals surface area contributed by atoms with Crippen LogP contribution in [-0.2, 0) is 16.8 Å². The van der Waals surface area contributed by atoms with Crippen molar-refractivity contribution in [1.29, 1.82) is 0 Å². The molecule has 0 radical (unpaired) electrons. The zero-order valence-electron chi connectivity index (χ0n) is 8.48. The van der Waals surface area contributed by atoms with E-state index in [1.54, 1.807) is 12.1 Å². The minimum atomic E-state index is -2.26. The highest BCUT2D eigenvalue weighted by Crippen LogP contribution is 2.31. The number of hydrogen-bond acceptors (Lipinski definition) is 2. The van der Waals surface area contributed by atoms with E-state index >= 15 is 0 Å². The number of hydrogen-bond donors (Lipinski definition) is 1. The van der Waals surface area contributed by atoms with E-state index in [0.717, 1.165) is 5.56 Å². The molecule has 0 saturated heterocycles. The summed E-state index contributed by atoms with van der Waals surface area (Å²) >= 11 is -2.26. The van der Waals surface area contributed by atoms with Gasteiger partial charge in [-0.15, -0.1) is 0 Å². The smallest absolute Gasteiger partial charge is 0.357 e. The minimum absolute atomic E-state index is 0.101. The van der Waals surface area contributed by atoms with Crippen LogP contribution in [0.2, 0.25) is 0 Å². The van der Waals surface area contributed by atoms with Gasteiger partial charge in [0.05, 0.1) is 0 Å². The molecule has 0 saturated carbocycles. The predicted octanol–water partition coefficient (Wildman–Crippen LogP) is 2.50. The molecule has 0 heterocycles. The maximum Gasteiger partial charge on any atom is 0.357 e. The van der Waals surface area contributed by atoms with Crippen LogP contribution in [0.5, 0.6) is 5.75 Å². The van der Waals surface area contributed by atoms with E-state index < -0.39 is 11.4 Å². The van der Waals surface area contributed by atoms with Crippen molar-refractivity contribution in [2.45, 2.75) is 26.2 Å². The summed E-state index contributed by atoms with van der Waals surface area (Å²) in [5.74, 6) is 0.459. The second-order valence-electron chi connectivity index (χ2n) is 4.05. The van der Waals surface area contributed by atoms with Gasteiger partial charge in [-0.25, -0.2) is 0 Å². The summed E-state index contributed by atoms with van der Waals surface area (Å²) in [6.45, 7) is 6.07. The first-order valence-electron chi connectivity index (χ1n) is 4.30. The van der Waals surface area contributed by atoms with Crippen LogP contribution < -0.4 is 4.18 Å². The zero-order chi connectivity index (χ0) is 10.8. The van der Waals surface area contributed by atoms with Crippen molar-refractivity contribution in [3.8, 4) is 5.75 Å². The summed E-state index contributed by atoms with van der Waals surface area (Å²) < 4.78 is 24.0. The van der Waals surface area contributed by atoms with Crippen LogP contribution in [0.15, 0.2) is 24.3 Å². The Bertz CT molecular complexity index is 341. The maximum absolute atomic E-state index is 10.5. The molecule has 14 heavy (non-hydrogen) atoms. The molecular weight excluding hydrogens is 200 g/mol. The van der Waals surface area contributed by atoms with Crippen LogP contribution in [-0.4, -0.2) is 8.76 Å². The molecule has 0 amide bonds. The molecule has 1 atom stereocenters. The van der Waals surface area contributed by atoms with Crippen molar-refractivity contribution in [2.24, 2.45) is 0 Å². The molecule has 1 aromatic rings. The highest BCUT2D eigenvalue weighted by atomic mass is 32.2. The molecule has 3 nitrogen and oxygen atoms in total. The van der Waals surface area contributed by atoms with Gasteiger partial charge in [0.25, 0.3) is 0 Å². The van der Waals surface area contributed by atoms with E-state index in [2.05, 4.69) is 0 Å². The van der Waals surface area contributed by atoms with Gasteiger partial charge in [0.2, 0.25) is 0 Å². The summed E-state index contributed by atoms with van der Waals surface area (Å²) in [6.07, 6.45) is 0. The fourth-order valence-corrected chi connectivity index (χ4v) is 1.53. The molecule has 1 N–H and O–H groups in total. The topological polar surface area (TPSA) is 46.5 Å². The van der Waals surface area contributed by atoms with Crippen molar-refractivity contribution < 1.29 is 12.9 Å². The Morgan fingerprint density at radius 3 is 2.36 bits per heavy atom. The van der Waals surface area contributed by atoms with Crippen LogP contribution in [0, 0.1) is 0 Å². The molecule has 0 fully saturated rings. The maximum atomic E-state index is 10.5. The monoisotopic (exact) mass is 214 g/mol. The third-order valence-electron chi connectivity index (χ3n) is 1.86. The highest BCUT2D eigenvalue weighted by molar-refractivity contribution is 7.74. The Morgan fingerprint density at radius 2 is 1.86 bits per heavy atom. The summed E-state index contributed by atoms with van der Waals surface area (Å²) in [4.78, 5) is 0. The molecule has 1 rings (SSSR count). The van der Waals surface area contributed by atoms with Crippen LogP contribution in [0.1, 0.15) is 26.3 Å². The van der Waals surface area contributed by atoms with Crippen molar-refractivity contribution in [3.05, 3.63) is 29.8 Å². The number of benzene rings is 1. The molecule has 4 heteroatoms. The summed E-state index contributed by atoms with van der Waals surface area (Å²) in [5.41, 5.74) is 0.818. The first-order valence-corrected chi connectivity index (χ1v) is 5.33. The molecule has 78 valence electrons. The average Bonchev–Trinajstić information content (AvgIpc) is 2.01. The van der Waals surface area contributed by atoms with E-state index in [1.807, 2.05) is 32.9 Å². The fraction of sp³-hybridized carbons (Fsp3) is 0.400. The van der Waals surface area contributed by atoms with Gasteiger partial charge in [0.15, 0.2) is 0 Å². The van der Waals surface area contributed by atoms with Crippen LogP contribution >= 0.6 is 0 Å². The summed E-state index contributed by atoms with van der Waals surface area (Å²) in [7, 11) is 0. The van der Waals surface area contributed by atoms with Crippen LogP contribution in [0.3, 0.4) is 0 Å². The van der Waals surface area contributed by atoms with Gasteiger partial charge in [0, 0.05) is 5.56 Å². The molecule has 0 aliphatic carbocycles. The molecule has 0 bridgehead atoms. The standard InChI is InChI=1S/C10H14O3S/c1-10(2,3)8-6-4-5-7-9(8)13-14(11)12/h4-7H,1-3H3,(H,11,12). The number of para-hydroxylation sites is 1. The fourth-order valence-electron chi connectivity index (χ4n) is 1.24. The largest absolute Gasteiger partial charge is 0.380 e. The van der Waals surface area contributed by atoms with Gasteiger partial charge in [-0.1, -0.05) is 39.0 Å². The Morgan fingerprint density at radius 1 is 1.29 bits per heavy atom. The van der Waals surface area contributed by atoms with E-state index in [4.69, 9.17) is 8.74 Å². The van der Waals surface area contributed by atoms with Crippen molar-refractivity contribution in [1.82, 2.24) is 0 Å². The normalized spacial score (nSPS) is 13.7. The summed E-state index contributed by atoms with van der Waals surface area (Å²) in [5, 5.41) is 0. The SMILES string of the molecule is CC(C)(C)c1ccccc1OS(=O)O. The molecular formula is C10H14O3S. The lowest BCUT2D eigenvalue weighted by molar-refractivity contribution is 0.447. The molecule has 0 aliphatic rings. The first-order chi connectivity index (χ1) is 6.41. The second-order valence-corrected chi connectivity index (χ2v) is 4.65. The van der Waals surface area contributed by atoms with Gasteiger partial charge < -0.3 is 4.18 Å². The van der Waals surface area contributed by atoms with Crippen molar-refractivity contribution in [3.63, 3.8) is 0 Å². The van der Waals surface area contributed by atoms with E-state index in [1.165, 1.54) is 0 Å². The number of rotatable bonds is 2. The Labute approximate surface area is 86.6 Å². The summed E-state index contributed by atoms with van der Waals surface area (Å²) in [6, 6.07) is 7.24. The quantitative estimate of drug-likeness (QED) is 0.769. The molecule has 1 unspecified atom stereocenters. The molecule has 0 aliphatic heterocycles. The third-order valence-corrected chi connectivity index (χ3v) is 2.18. The van der Waals surface area contributed by atoms with Crippen LogP contribution in [0.4, 0.5) is 0 Å². The lowest BCUT2D eigenvalue weighted by atomic mass is 9.86. The Kier molecular flexibility index (Phi) is 3.29. The third kappa shape index (κ3) is 2.82.